The van der Waals surface area contributed by atoms with Gasteiger partial charge in [-0.25, -0.2) is 8.78 Å². The quantitative estimate of drug-likeness (QED) is 0.242. The van der Waals surface area contributed by atoms with Crippen LogP contribution in [0.5, 0.6) is 0 Å². The van der Waals surface area contributed by atoms with Gasteiger partial charge in [0.25, 0.3) is 0 Å². The number of aromatic nitrogens is 1. The van der Waals surface area contributed by atoms with Gasteiger partial charge in [0.05, 0.1) is 17.4 Å². The molecule has 1 heterocycles. The van der Waals surface area contributed by atoms with Crippen LogP contribution in [0, 0.1) is 11.6 Å². The zero-order chi connectivity index (χ0) is 25.2. The van der Waals surface area contributed by atoms with E-state index in [2.05, 4.69) is 36.4 Å². The van der Waals surface area contributed by atoms with Crippen LogP contribution in [-0.2, 0) is 0 Å². The first-order valence-corrected chi connectivity index (χ1v) is 12.0. The lowest BCUT2D eigenvalue weighted by Crippen LogP contribution is -2.11. The smallest absolute Gasteiger partial charge is 0.125 e. The van der Waals surface area contributed by atoms with E-state index in [1.807, 2.05) is 47.4 Å². The highest BCUT2D eigenvalue weighted by Crippen LogP contribution is 2.39. The maximum absolute atomic E-state index is 14.3. The van der Waals surface area contributed by atoms with Crippen molar-refractivity contribution in [3.8, 4) is 22.3 Å². The van der Waals surface area contributed by atoms with Gasteiger partial charge in [-0.05, 0) is 71.3 Å². The molecule has 4 heteroatoms. The summed E-state index contributed by atoms with van der Waals surface area (Å²) in [5.41, 5.74) is 6.96. The molecular weight excluding hydrogens is 462 g/mol. The molecule has 0 fully saturated rings. The Hall–Kier alpha value is -4.83. The molecule has 0 N–H and O–H groups in total. The molecule has 0 spiro atoms. The Kier molecular flexibility index (Phi) is 5.91. The summed E-state index contributed by atoms with van der Waals surface area (Å²) in [7, 11) is 0. The molecule has 0 amide bonds. The van der Waals surface area contributed by atoms with Crippen molar-refractivity contribution >= 4 is 28.0 Å². The van der Waals surface area contributed by atoms with Crippen molar-refractivity contribution in [3.63, 3.8) is 0 Å². The first-order chi connectivity index (χ1) is 18.2. The van der Waals surface area contributed by atoms with Crippen LogP contribution < -0.4 is 4.90 Å². The summed E-state index contributed by atoms with van der Waals surface area (Å²) in [5, 5.41) is 0.926. The molecule has 0 unspecified atom stereocenters. The fourth-order valence-electron chi connectivity index (χ4n) is 4.67. The van der Waals surface area contributed by atoms with Crippen LogP contribution in [0.4, 0.5) is 25.8 Å². The summed E-state index contributed by atoms with van der Waals surface area (Å²) in [6.07, 6.45) is 1.76. The molecule has 5 aromatic carbocycles. The predicted octanol–water partition coefficient (Wildman–Crippen LogP) is 9.32. The normalized spacial score (nSPS) is 11.0. The maximum atomic E-state index is 14.3. The largest absolute Gasteiger partial charge is 0.309 e. The fourth-order valence-corrected chi connectivity index (χ4v) is 4.67. The zero-order valence-electron chi connectivity index (χ0n) is 19.9. The number of hydrogen-bond acceptors (Lipinski definition) is 2. The van der Waals surface area contributed by atoms with E-state index in [1.165, 1.54) is 24.3 Å². The van der Waals surface area contributed by atoms with E-state index in [0.717, 1.165) is 33.2 Å². The number of fused-ring (bicyclic) bond motifs is 1. The lowest BCUT2D eigenvalue weighted by molar-refractivity contribution is 0.627. The van der Waals surface area contributed by atoms with Crippen molar-refractivity contribution in [2.24, 2.45) is 0 Å². The van der Waals surface area contributed by atoms with E-state index in [9.17, 15) is 8.78 Å². The molecule has 0 radical (unpaired) electrons. The van der Waals surface area contributed by atoms with Crippen LogP contribution in [0.2, 0.25) is 0 Å². The molecule has 6 aromatic rings. The molecule has 0 aliphatic rings. The van der Waals surface area contributed by atoms with Crippen LogP contribution in [0.1, 0.15) is 0 Å². The Morgan fingerprint density at radius 3 is 1.68 bits per heavy atom. The third kappa shape index (κ3) is 4.57. The summed E-state index contributed by atoms with van der Waals surface area (Å²) in [4.78, 5) is 6.70. The third-order valence-corrected chi connectivity index (χ3v) is 6.35. The topological polar surface area (TPSA) is 16.1 Å². The fraction of sp³-hybridized carbons (Fsp3) is 0. The van der Waals surface area contributed by atoms with E-state index < -0.39 is 0 Å². The second-order valence-corrected chi connectivity index (χ2v) is 8.82. The van der Waals surface area contributed by atoms with Gasteiger partial charge < -0.3 is 4.90 Å². The van der Waals surface area contributed by atoms with Crippen LogP contribution in [0.3, 0.4) is 0 Å². The van der Waals surface area contributed by atoms with E-state index in [-0.39, 0.29) is 11.6 Å². The van der Waals surface area contributed by atoms with E-state index >= 15 is 0 Å². The molecular formula is C33H22F2N2. The second kappa shape index (κ2) is 9.67. The van der Waals surface area contributed by atoms with Crippen molar-refractivity contribution in [3.05, 3.63) is 145 Å². The number of pyridine rings is 1. The number of halogens is 2. The lowest BCUT2D eigenvalue weighted by Gasteiger charge is -2.25. The molecule has 178 valence electrons. The molecule has 0 aliphatic carbocycles. The lowest BCUT2D eigenvalue weighted by atomic mass is 9.95. The van der Waals surface area contributed by atoms with E-state index in [4.69, 9.17) is 4.98 Å². The molecule has 2 nitrogen and oxygen atoms in total. The minimum atomic E-state index is -0.370. The molecule has 37 heavy (non-hydrogen) atoms. The highest BCUT2D eigenvalue weighted by molar-refractivity contribution is 5.99. The number of hydrogen-bond donors (Lipinski definition) is 0. The first-order valence-electron chi connectivity index (χ1n) is 12.0. The minimum Gasteiger partial charge on any atom is -0.309 e. The Bertz CT molecular complexity index is 1650. The average molecular weight is 485 g/mol. The molecule has 0 atom stereocenters. The number of anilines is 3. The SMILES string of the molecule is Fc1cccc(N(c2cccc(F)c2)c2cnc3c(-c4ccccc4)cc(-c4ccccc4)cc3c2)c1. The zero-order valence-corrected chi connectivity index (χ0v) is 19.9. The van der Waals surface area contributed by atoms with Gasteiger partial charge >= 0.3 is 0 Å². The summed E-state index contributed by atoms with van der Waals surface area (Å²) in [5.74, 6) is -0.740. The van der Waals surface area contributed by atoms with E-state index in [0.29, 0.717) is 17.1 Å². The van der Waals surface area contributed by atoms with Gasteiger partial charge in [-0.2, -0.15) is 0 Å². The van der Waals surface area contributed by atoms with Crippen LogP contribution in [0.25, 0.3) is 33.2 Å². The number of rotatable bonds is 5. The van der Waals surface area contributed by atoms with Gasteiger partial charge in [0.1, 0.15) is 11.6 Å². The van der Waals surface area contributed by atoms with Crippen molar-refractivity contribution < 1.29 is 8.78 Å². The van der Waals surface area contributed by atoms with Crippen LogP contribution in [-0.4, -0.2) is 4.98 Å². The Morgan fingerprint density at radius 2 is 1.08 bits per heavy atom. The number of nitrogens with zero attached hydrogens (tertiary/aromatic N) is 2. The molecule has 0 saturated heterocycles. The summed E-state index contributed by atoms with van der Waals surface area (Å²) in [6.45, 7) is 0. The van der Waals surface area contributed by atoms with Gasteiger partial charge in [0, 0.05) is 22.3 Å². The molecule has 0 saturated carbocycles. The summed E-state index contributed by atoms with van der Waals surface area (Å²) >= 11 is 0. The second-order valence-electron chi connectivity index (χ2n) is 8.82. The van der Waals surface area contributed by atoms with Gasteiger partial charge in [-0.15, -0.1) is 0 Å². The van der Waals surface area contributed by atoms with Gasteiger partial charge in [0.2, 0.25) is 0 Å². The average Bonchev–Trinajstić information content (AvgIpc) is 2.93. The molecule has 0 bridgehead atoms. The van der Waals surface area contributed by atoms with Crippen LogP contribution in [0.15, 0.2) is 134 Å². The van der Waals surface area contributed by atoms with Gasteiger partial charge in [-0.1, -0.05) is 72.8 Å². The monoisotopic (exact) mass is 484 g/mol. The van der Waals surface area contributed by atoms with Crippen molar-refractivity contribution in [2.75, 3.05) is 4.90 Å². The maximum Gasteiger partial charge on any atom is 0.125 e. The molecule has 0 aliphatic heterocycles. The van der Waals surface area contributed by atoms with Crippen molar-refractivity contribution in [1.29, 1.82) is 0 Å². The standard InChI is InChI=1S/C33H22F2N2/c34-27-13-7-15-29(20-27)37(30-16-8-14-28(35)21-30)31-18-26-17-25(23-9-3-1-4-10-23)19-32(33(26)36-22-31)24-11-5-2-6-12-24/h1-22H. The van der Waals surface area contributed by atoms with E-state index in [1.54, 1.807) is 30.5 Å². The minimum absolute atomic E-state index is 0.370. The molecule has 6 rings (SSSR count). The summed E-state index contributed by atoms with van der Waals surface area (Å²) in [6, 6.07) is 39.2. The summed E-state index contributed by atoms with van der Waals surface area (Å²) < 4.78 is 28.5. The molecule has 1 aromatic heterocycles. The Balaban J connectivity index is 1.59. The van der Waals surface area contributed by atoms with Crippen molar-refractivity contribution in [2.45, 2.75) is 0 Å². The van der Waals surface area contributed by atoms with Gasteiger partial charge in [0.15, 0.2) is 0 Å². The number of benzene rings is 5. The Labute approximate surface area is 214 Å². The highest BCUT2D eigenvalue weighted by atomic mass is 19.1. The Morgan fingerprint density at radius 1 is 0.486 bits per heavy atom. The van der Waals surface area contributed by atoms with Crippen molar-refractivity contribution in [1.82, 2.24) is 4.98 Å². The third-order valence-electron chi connectivity index (χ3n) is 6.35. The van der Waals surface area contributed by atoms with Gasteiger partial charge in [-0.3, -0.25) is 4.98 Å². The van der Waals surface area contributed by atoms with Crippen LogP contribution >= 0.6 is 0 Å². The highest BCUT2D eigenvalue weighted by Gasteiger charge is 2.17. The predicted molar refractivity (Wildman–Crippen MR) is 147 cm³/mol. The first kappa shape index (κ1) is 22.6.